The fourth-order valence-corrected chi connectivity index (χ4v) is 2.67. The number of carbonyl (C=O) groups excluding carboxylic acids is 2. The standard InChI is InChI=1S/C18H17FN2O2/c1-2-12-6-8-14(9-7-12)20-16-11-17(22)21(18(16)23)15-5-3-4-13(19)10-15/h3-10,16,20H,2,11H2,1H3/t16-/m0/s1. The van der Waals surface area contributed by atoms with E-state index < -0.39 is 11.9 Å². The first-order valence-corrected chi connectivity index (χ1v) is 7.56. The Morgan fingerprint density at radius 3 is 2.57 bits per heavy atom. The molecule has 0 unspecified atom stereocenters. The molecule has 1 aliphatic heterocycles. The second-order valence-electron chi connectivity index (χ2n) is 5.50. The van der Waals surface area contributed by atoms with Gasteiger partial charge in [-0.2, -0.15) is 0 Å². The summed E-state index contributed by atoms with van der Waals surface area (Å²) in [7, 11) is 0. The smallest absolute Gasteiger partial charge is 0.256 e. The molecule has 23 heavy (non-hydrogen) atoms. The minimum absolute atomic E-state index is 0.0604. The lowest BCUT2D eigenvalue weighted by atomic mass is 10.1. The third kappa shape index (κ3) is 3.08. The Labute approximate surface area is 133 Å². The second-order valence-corrected chi connectivity index (χ2v) is 5.50. The molecule has 0 aliphatic carbocycles. The van der Waals surface area contributed by atoms with E-state index in [9.17, 15) is 14.0 Å². The van der Waals surface area contributed by atoms with Gasteiger partial charge in [-0.25, -0.2) is 9.29 Å². The van der Waals surface area contributed by atoms with Crippen LogP contribution in [-0.4, -0.2) is 17.9 Å². The Kier molecular flexibility index (Phi) is 4.10. The summed E-state index contributed by atoms with van der Waals surface area (Å²) < 4.78 is 13.3. The normalized spacial score (nSPS) is 17.7. The first kappa shape index (κ1) is 15.2. The summed E-state index contributed by atoms with van der Waals surface area (Å²) >= 11 is 0. The highest BCUT2D eigenvalue weighted by molar-refractivity contribution is 6.23. The summed E-state index contributed by atoms with van der Waals surface area (Å²) in [4.78, 5) is 25.7. The number of carbonyl (C=O) groups is 2. The molecule has 0 spiro atoms. The molecular formula is C18H17FN2O2. The molecule has 0 saturated carbocycles. The largest absolute Gasteiger partial charge is 0.373 e. The highest BCUT2D eigenvalue weighted by atomic mass is 19.1. The Balaban J connectivity index is 1.78. The number of aryl methyl sites for hydroxylation is 1. The molecule has 1 saturated heterocycles. The van der Waals surface area contributed by atoms with Gasteiger partial charge in [0, 0.05) is 5.69 Å². The zero-order chi connectivity index (χ0) is 16.4. The Morgan fingerprint density at radius 2 is 1.91 bits per heavy atom. The van der Waals surface area contributed by atoms with Crippen LogP contribution in [0.25, 0.3) is 0 Å². The van der Waals surface area contributed by atoms with Crippen LogP contribution in [0.5, 0.6) is 0 Å². The van der Waals surface area contributed by atoms with Crippen molar-refractivity contribution in [2.24, 2.45) is 0 Å². The molecule has 118 valence electrons. The predicted octanol–water partition coefficient (Wildman–Crippen LogP) is 3.13. The van der Waals surface area contributed by atoms with E-state index in [0.29, 0.717) is 0 Å². The number of nitrogens with one attached hydrogen (secondary N) is 1. The van der Waals surface area contributed by atoms with Gasteiger partial charge >= 0.3 is 0 Å². The van der Waals surface area contributed by atoms with Crippen LogP contribution in [0.2, 0.25) is 0 Å². The van der Waals surface area contributed by atoms with Crippen molar-refractivity contribution >= 4 is 23.2 Å². The Morgan fingerprint density at radius 1 is 1.17 bits per heavy atom. The van der Waals surface area contributed by atoms with E-state index in [4.69, 9.17) is 0 Å². The first-order chi connectivity index (χ1) is 11.1. The van der Waals surface area contributed by atoms with Gasteiger partial charge in [-0.05, 0) is 42.3 Å². The van der Waals surface area contributed by atoms with Gasteiger partial charge in [0.15, 0.2) is 0 Å². The molecular weight excluding hydrogens is 295 g/mol. The van der Waals surface area contributed by atoms with E-state index in [2.05, 4.69) is 12.2 Å². The van der Waals surface area contributed by atoms with Gasteiger partial charge in [0.1, 0.15) is 11.9 Å². The zero-order valence-electron chi connectivity index (χ0n) is 12.8. The number of hydrogen-bond acceptors (Lipinski definition) is 3. The quantitative estimate of drug-likeness (QED) is 0.882. The van der Waals surface area contributed by atoms with Crippen LogP contribution in [-0.2, 0) is 16.0 Å². The molecule has 3 rings (SSSR count). The summed E-state index contributed by atoms with van der Waals surface area (Å²) in [6.45, 7) is 2.07. The molecule has 2 aromatic rings. The van der Waals surface area contributed by atoms with Gasteiger partial charge in [-0.15, -0.1) is 0 Å². The number of halogens is 1. The fourth-order valence-electron chi connectivity index (χ4n) is 2.67. The highest BCUT2D eigenvalue weighted by Crippen LogP contribution is 2.25. The average Bonchev–Trinajstić information content (AvgIpc) is 2.82. The molecule has 1 fully saturated rings. The van der Waals surface area contributed by atoms with E-state index in [1.807, 2.05) is 24.3 Å². The van der Waals surface area contributed by atoms with Crippen molar-refractivity contribution < 1.29 is 14.0 Å². The molecule has 1 heterocycles. The van der Waals surface area contributed by atoms with Crippen molar-refractivity contribution in [3.63, 3.8) is 0 Å². The van der Waals surface area contributed by atoms with Gasteiger partial charge < -0.3 is 5.32 Å². The maximum absolute atomic E-state index is 13.3. The van der Waals surface area contributed by atoms with Crippen molar-refractivity contribution in [1.82, 2.24) is 0 Å². The van der Waals surface area contributed by atoms with E-state index >= 15 is 0 Å². The predicted molar refractivity (Wildman–Crippen MR) is 86.7 cm³/mol. The maximum atomic E-state index is 13.3. The van der Waals surface area contributed by atoms with Crippen molar-refractivity contribution in [1.29, 1.82) is 0 Å². The number of hydrogen-bond donors (Lipinski definition) is 1. The third-order valence-electron chi connectivity index (χ3n) is 3.92. The van der Waals surface area contributed by atoms with Crippen LogP contribution in [0.3, 0.4) is 0 Å². The zero-order valence-corrected chi connectivity index (χ0v) is 12.8. The van der Waals surface area contributed by atoms with E-state index in [1.165, 1.54) is 23.8 Å². The van der Waals surface area contributed by atoms with Gasteiger partial charge in [-0.1, -0.05) is 25.1 Å². The van der Waals surface area contributed by atoms with Crippen molar-refractivity contribution in [3.05, 3.63) is 59.9 Å². The van der Waals surface area contributed by atoms with Crippen LogP contribution in [0.4, 0.5) is 15.8 Å². The molecule has 4 nitrogen and oxygen atoms in total. The monoisotopic (exact) mass is 312 g/mol. The summed E-state index contributed by atoms with van der Waals surface area (Å²) in [5, 5.41) is 3.08. The highest BCUT2D eigenvalue weighted by Gasteiger charge is 2.39. The lowest BCUT2D eigenvalue weighted by Crippen LogP contribution is -2.34. The average molecular weight is 312 g/mol. The fraction of sp³-hybridized carbons (Fsp3) is 0.222. The van der Waals surface area contributed by atoms with Crippen molar-refractivity contribution in [2.45, 2.75) is 25.8 Å². The Hall–Kier alpha value is -2.69. The van der Waals surface area contributed by atoms with Gasteiger partial charge in [0.05, 0.1) is 12.1 Å². The van der Waals surface area contributed by atoms with Crippen LogP contribution in [0, 0.1) is 5.82 Å². The van der Waals surface area contributed by atoms with Crippen LogP contribution < -0.4 is 10.2 Å². The molecule has 5 heteroatoms. The lowest BCUT2D eigenvalue weighted by Gasteiger charge is -2.16. The minimum Gasteiger partial charge on any atom is -0.373 e. The lowest BCUT2D eigenvalue weighted by molar-refractivity contribution is -0.121. The molecule has 1 N–H and O–H groups in total. The van der Waals surface area contributed by atoms with Gasteiger partial charge in [-0.3, -0.25) is 9.59 Å². The molecule has 0 bridgehead atoms. The van der Waals surface area contributed by atoms with Crippen LogP contribution in [0.15, 0.2) is 48.5 Å². The molecule has 2 aromatic carbocycles. The summed E-state index contributed by atoms with van der Waals surface area (Å²) in [5.41, 5.74) is 2.26. The minimum atomic E-state index is -0.627. The number of benzene rings is 2. The summed E-state index contributed by atoms with van der Waals surface area (Å²) in [6, 6.07) is 12.6. The van der Waals surface area contributed by atoms with E-state index in [0.717, 1.165) is 17.0 Å². The van der Waals surface area contributed by atoms with E-state index in [-0.39, 0.29) is 23.9 Å². The summed E-state index contributed by atoms with van der Waals surface area (Å²) in [6.07, 6.45) is 0.999. The van der Waals surface area contributed by atoms with Crippen molar-refractivity contribution in [2.75, 3.05) is 10.2 Å². The Bertz CT molecular complexity index is 743. The molecule has 2 amide bonds. The molecule has 0 aromatic heterocycles. The summed E-state index contributed by atoms with van der Waals surface area (Å²) in [5.74, 6) is -1.17. The second kappa shape index (κ2) is 6.20. The molecule has 1 aliphatic rings. The van der Waals surface area contributed by atoms with E-state index in [1.54, 1.807) is 6.07 Å². The topological polar surface area (TPSA) is 49.4 Å². The van der Waals surface area contributed by atoms with Crippen LogP contribution >= 0.6 is 0 Å². The number of imide groups is 1. The van der Waals surface area contributed by atoms with Crippen molar-refractivity contribution in [3.8, 4) is 0 Å². The van der Waals surface area contributed by atoms with Gasteiger partial charge in [0.2, 0.25) is 5.91 Å². The maximum Gasteiger partial charge on any atom is 0.256 e. The molecule has 1 atom stereocenters. The first-order valence-electron chi connectivity index (χ1n) is 7.56. The third-order valence-corrected chi connectivity index (χ3v) is 3.92. The number of amides is 2. The number of nitrogens with zero attached hydrogens (tertiary/aromatic N) is 1. The molecule has 0 radical (unpaired) electrons. The number of rotatable bonds is 4. The van der Waals surface area contributed by atoms with Gasteiger partial charge in [0.25, 0.3) is 5.91 Å². The van der Waals surface area contributed by atoms with Crippen LogP contribution in [0.1, 0.15) is 18.9 Å². The SMILES string of the molecule is CCc1ccc(N[C@H]2CC(=O)N(c3cccc(F)c3)C2=O)cc1. The number of anilines is 2.